The molecule has 4 rings (SSSR count). The average Bonchev–Trinajstić information content (AvgIpc) is 3.46. The molecule has 0 N–H and O–H groups in total. The standard InChI is InChI=1S/C30H39N4OP/c1-22-14-24(3)28(25(4)15-22)36(29-26(5)16-23(2)17-27(29)6)21-30(20-35-7,18-33-12-8-10-31-33)19-34-13-9-11-32-34/h8-17H,18-21H2,1-7H3. The second-order valence-electron chi connectivity index (χ2n) is 10.4. The predicted octanol–water partition coefficient (Wildman–Crippen LogP) is 5.40. The van der Waals surface area contributed by atoms with Gasteiger partial charge in [-0.1, -0.05) is 35.4 Å². The van der Waals surface area contributed by atoms with E-state index in [0.29, 0.717) is 6.61 Å². The van der Waals surface area contributed by atoms with Gasteiger partial charge in [-0.15, -0.1) is 0 Å². The molecule has 0 atom stereocenters. The smallest absolute Gasteiger partial charge is 0.0557 e. The molecule has 0 aliphatic heterocycles. The third-order valence-electron chi connectivity index (χ3n) is 6.87. The van der Waals surface area contributed by atoms with Gasteiger partial charge in [-0.2, -0.15) is 10.2 Å². The second-order valence-corrected chi connectivity index (χ2v) is 12.5. The van der Waals surface area contributed by atoms with Crippen molar-refractivity contribution in [1.29, 1.82) is 0 Å². The molecule has 0 radical (unpaired) electrons. The fourth-order valence-electron chi connectivity index (χ4n) is 5.87. The van der Waals surface area contributed by atoms with Crippen LogP contribution in [0.3, 0.4) is 0 Å². The van der Waals surface area contributed by atoms with Crippen molar-refractivity contribution in [2.45, 2.75) is 54.6 Å². The van der Waals surface area contributed by atoms with Crippen LogP contribution < -0.4 is 10.6 Å². The van der Waals surface area contributed by atoms with Gasteiger partial charge in [0.2, 0.25) is 0 Å². The largest absolute Gasteiger partial charge is 0.384 e. The molecular weight excluding hydrogens is 463 g/mol. The van der Waals surface area contributed by atoms with E-state index < -0.39 is 7.92 Å². The van der Waals surface area contributed by atoms with Gasteiger partial charge in [0.05, 0.1) is 19.7 Å². The second kappa shape index (κ2) is 11.1. The van der Waals surface area contributed by atoms with E-state index in [0.717, 1.165) is 19.3 Å². The fourth-order valence-corrected chi connectivity index (χ4v) is 9.33. The Bertz CT molecular complexity index is 1150. The first kappa shape index (κ1) is 26.3. The number of hydrogen-bond donors (Lipinski definition) is 0. The van der Waals surface area contributed by atoms with Gasteiger partial charge in [0.15, 0.2) is 0 Å². The first-order valence-corrected chi connectivity index (χ1v) is 14.1. The number of benzene rings is 2. The Labute approximate surface area is 217 Å². The molecule has 6 heteroatoms. The van der Waals surface area contributed by atoms with Gasteiger partial charge in [0, 0.05) is 37.3 Å². The minimum atomic E-state index is -0.684. The number of rotatable bonds is 10. The SMILES string of the molecule is COCC(Cn1cccn1)(Cn1cccn1)CP(c1c(C)cc(C)cc1C)c1c(C)cc(C)cc1C. The topological polar surface area (TPSA) is 44.9 Å². The summed E-state index contributed by atoms with van der Waals surface area (Å²) in [5, 5.41) is 12.2. The van der Waals surface area contributed by atoms with Crippen molar-refractivity contribution in [1.82, 2.24) is 19.6 Å². The zero-order valence-electron chi connectivity index (χ0n) is 22.7. The van der Waals surface area contributed by atoms with Crippen molar-refractivity contribution in [2.75, 3.05) is 19.9 Å². The molecule has 2 aromatic carbocycles. The number of nitrogens with zero attached hydrogens (tertiary/aromatic N) is 4. The fraction of sp³-hybridized carbons (Fsp3) is 0.400. The van der Waals surface area contributed by atoms with Crippen LogP contribution in [0.2, 0.25) is 0 Å². The van der Waals surface area contributed by atoms with Crippen LogP contribution in [0, 0.1) is 47.0 Å². The van der Waals surface area contributed by atoms with E-state index in [9.17, 15) is 0 Å². The molecule has 0 fully saturated rings. The highest BCUT2D eigenvalue weighted by Crippen LogP contribution is 2.46. The molecule has 5 nitrogen and oxygen atoms in total. The highest BCUT2D eigenvalue weighted by atomic mass is 31.1. The molecule has 0 spiro atoms. The summed E-state index contributed by atoms with van der Waals surface area (Å²) in [7, 11) is 1.13. The van der Waals surface area contributed by atoms with Gasteiger partial charge in [0.1, 0.15) is 0 Å². The van der Waals surface area contributed by atoms with E-state index in [4.69, 9.17) is 4.74 Å². The van der Waals surface area contributed by atoms with Crippen molar-refractivity contribution < 1.29 is 4.74 Å². The highest BCUT2D eigenvalue weighted by Gasteiger charge is 2.38. The number of aromatic nitrogens is 4. The summed E-state index contributed by atoms with van der Waals surface area (Å²) in [6, 6.07) is 13.4. The number of aryl methyl sites for hydroxylation is 6. The summed E-state index contributed by atoms with van der Waals surface area (Å²) in [5.41, 5.74) is 7.94. The van der Waals surface area contributed by atoms with Crippen molar-refractivity contribution >= 4 is 18.5 Å². The first-order chi connectivity index (χ1) is 17.2. The molecule has 0 bridgehead atoms. The van der Waals surface area contributed by atoms with Crippen LogP contribution in [0.5, 0.6) is 0 Å². The number of methoxy groups -OCH3 is 1. The molecule has 2 heterocycles. The monoisotopic (exact) mass is 502 g/mol. The average molecular weight is 503 g/mol. The van der Waals surface area contributed by atoms with Crippen LogP contribution in [0.1, 0.15) is 33.4 Å². The summed E-state index contributed by atoms with van der Waals surface area (Å²) in [6.07, 6.45) is 8.81. The maximum Gasteiger partial charge on any atom is 0.0557 e. The van der Waals surface area contributed by atoms with Gasteiger partial charge in [-0.25, -0.2) is 0 Å². The molecule has 36 heavy (non-hydrogen) atoms. The van der Waals surface area contributed by atoms with Crippen LogP contribution >= 0.6 is 7.92 Å². The van der Waals surface area contributed by atoms with Crippen molar-refractivity contribution in [3.8, 4) is 0 Å². The van der Waals surface area contributed by atoms with E-state index >= 15 is 0 Å². The normalized spacial score (nSPS) is 12.0. The van der Waals surface area contributed by atoms with Crippen molar-refractivity contribution in [3.63, 3.8) is 0 Å². The highest BCUT2D eigenvalue weighted by molar-refractivity contribution is 7.73. The van der Waals surface area contributed by atoms with E-state index in [1.165, 1.54) is 44.0 Å². The Kier molecular flexibility index (Phi) is 8.12. The van der Waals surface area contributed by atoms with Crippen LogP contribution in [-0.2, 0) is 17.8 Å². The molecule has 0 aliphatic carbocycles. The third-order valence-corrected chi connectivity index (χ3v) is 10.3. The van der Waals surface area contributed by atoms with E-state index in [1.54, 1.807) is 0 Å². The molecule has 4 aromatic rings. The van der Waals surface area contributed by atoms with E-state index in [1.807, 2.05) is 31.6 Å². The zero-order valence-corrected chi connectivity index (χ0v) is 23.6. The number of hydrogen-bond acceptors (Lipinski definition) is 3. The van der Waals surface area contributed by atoms with E-state index in [2.05, 4.69) is 97.8 Å². The Morgan fingerprint density at radius 3 is 1.47 bits per heavy atom. The molecule has 2 aromatic heterocycles. The van der Waals surface area contributed by atoms with Gasteiger partial charge in [-0.05, 0) is 101 Å². The first-order valence-electron chi connectivity index (χ1n) is 12.6. The van der Waals surface area contributed by atoms with Gasteiger partial charge < -0.3 is 4.74 Å². The van der Waals surface area contributed by atoms with Crippen molar-refractivity contribution in [2.24, 2.45) is 5.41 Å². The predicted molar refractivity (Wildman–Crippen MR) is 151 cm³/mol. The minimum Gasteiger partial charge on any atom is -0.384 e. The number of ether oxygens (including phenoxy) is 1. The Morgan fingerprint density at radius 2 is 1.14 bits per heavy atom. The molecule has 0 saturated carbocycles. The summed E-state index contributed by atoms with van der Waals surface area (Å²) in [4.78, 5) is 0. The van der Waals surface area contributed by atoms with Crippen molar-refractivity contribution in [3.05, 3.63) is 94.6 Å². The van der Waals surface area contributed by atoms with Crippen LogP contribution in [0.4, 0.5) is 0 Å². The summed E-state index contributed by atoms with van der Waals surface area (Å²) in [6.45, 7) is 15.7. The third kappa shape index (κ3) is 5.79. The molecule has 0 saturated heterocycles. The van der Waals surface area contributed by atoms with Crippen LogP contribution in [-0.4, -0.2) is 39.4 Å². The molecule has 190 valence electrons. The molecular formula is C30H39N4OP. The lowest BCUT2D eigenvalue weighted by molar-refractivity contribution is 0.0625. The van der Waals surface area contributed by atoms with E-state index in [-0.39, 0.29) is 5.41 Å². The van der Waals surface area contributed by atoms with Crippen LogP contribution in [0.15, 0.2) is 61.2 Å². The Morgan fingerprint density at radius 1 is 0.722 bits per heavy atom. The Hall–Kier alpha value is -2.75. The summed E-state index contributed by atoms with van der Waals surface area (Å²) in [5.74, 6) is 0. The maximum atomic E-state index is 5.96. The van der Waals surface area contributed by atoms with Gasteiger partial charge in [-0.3, -0.25) is 9.36 Å². The maximum absolute atomic E-state index is 5.96. The lowest BCUT2D eigenvalue weighted by atomic mass is 9.91. The summed E-state index contributed by atoms with van der Waals surface area (Å²) >= 11 is 0. The van der Waals surface area contributed by atoms with Gasteiger partial charge >= 0.3 is 0 Å². The van der Waals surface area contributed by atoms with Crippen LogP contribution in [0.25, 0.3) is 0 Å². The van der Waals surface area contributed by atoms with Gasteiger partial charge in [0.25, 0.3) is 0 Å². The summed E-state index contributed by atoms with van der Waals surface area (Å²) < 4.78 is 10.1. The molecule has 0 aliphatic rings. The molecule has 0 unspecified atom stereocenters. The zero-order chi connectivity index (χ0) is 25.9. The molecule has 0 amide bonds. The minimum absolute atomic E-state index is 0.202. The quantitative estimate of drug-likeness (QED) is 0.273. The lowest BCUT2D eigenvalue weighted by Crippen LogP contribution is -2.42. The lowest BCUT2D eigenvalue weighted by Gasteiger charge is -2.38. The Balaban J connectivity index is 1.92.